The van der Waals surface area contributed by atoms with E-state index < -0.39 is 0 Å². The van der Waals surface area contributed by atoms with Gasteiger partial charge in [0.05, 0.1) is 0 Å². The van der Waals surface area contributed by atoms with Crippen molar-refractivity contribution in [1.82, 2.24) is 0 Å². The second kappa shape index (κ2) is 6.45. The molecule has 64 valence electrons. The first-order chi connectivity index (χ1) is 5.50. The maximum absolute atomic E-state index is 2.24. The van der Waals surface area contributed by atoms with Gasteiger partial charge in [-0.3, -0.25) is 0 Å². The molecule has 0 aromatic rings. The standard InChI is InChI=1S/C6H12.C5H8/c1-2-4-6-5-3-1;1-2-4-5-3-1/h1-6H2;1-2H,3-5H2. The van der Waals surface area contributed by atoms with Crippen molar-refractivity contribution in [3.63, 3.8) is 0 Å². The Morgan fingerprint density at radius 3 is 1.00 bits per heavy atom. The topological polar surface area (TPSA) is 0 Å². The number of hydrogen-bond donors (Lipinski definition) is 0. The van der Waals surface area contributed by atoms with Gasteiger partial charge in [-0.15, -0.1) is 0 Å². The zero-order chi connectivity index (χ0) is 7.78. The zero-order valence-corrected chi connectivity index (χ0v) is 7.52. The molecule has 0 spiro atoms. The molecule has 2 rings (SSSR count). The Hall–Kier alpha value is -0.260. The fourth-order valence-corrected chi connectivity index (χ4v) is 1.65. The summed E-state index contributed by atoms with van der Waals surface area (Å²) in [5.41, 5.74) is 0. The molecule has 0 atom stereocenters. The van der Waals surface area contributed by atoms with Gasteiger partial charge in [-0.2, -0.15) is 0 Å². The third-order valence-corrected chi connectivity index (χ3v) is 2.41. The van der Waals surface area contributed by atoms with E-state index in [1.165, 1.54) is 57.8 Å². The molecule has 0 heteroatoms. The molecule has 1 saturated carbocycles. The monoisotopic (exact) mass is 152 g/mol. The molecular weight excluding hydrogens is 132 g/mol. The average molecular weight is 152 g/mol. The van der Waals surface area contributed by atoms with E-state index in [2.05, 4.69) is 12.2 Å². The molecule has 0 heterocycles. The van der Waals surface area contributed by atoms with Crippen molar-refractivity contribution in [3.8, 4) is 0 Å². The predicted octanol–water partition coefficient (Wildman–Crippen LogP) is 4.07. The van der Waals surface area contributed by atoms with Crippen LogP contribution in [0.15, 0.2) is 12.2 Å². The van der Waals surface area contributed by atoms with E-state index in [4.69, 9.17) is 0 Å². The average Bonchev–Trinajstić information content (AvgIpc) is 2.64. The van der Waals surface area contributed by atoms with E-state index in [0.29, 0.717) is 0 Å². The van der Waals surface area contributed by atoms with Crippen LogP contribution in [0.5, 0.6) is 0 Å². The lowest BCUT2D eigenvalue weighted by Gasteiger charge is -2.05. The highest BCUT2D eigenvalue weighted by atomic mass is 14.0. The van der Waals surface area contributed by atoms with Crippen molar-refractivity contribution in [2.45, 2.75) is 57.8 Å². The van der Waals surface area contributed by atoms with Crippen molar-refractivity contribution in [2.75, 3.05) is 0 Å². The maximum Gasteiger partial charge on any atom is -0.0348 e. The predicted molar refractivity (Wildman–Crippen MR) is 50.7 cm³/mol. The molecule has 0 saturated heterocycles. The van der Waals surface area contributed by atoms with Crippen LogP contribution < -0.4 is 0 Å². The number of rotatable bonds is 0. The number of allylic oxidation sites excluding steroid dienone is 2. The molecular formula is C11H20. The minimum absolute atomic E-state index is 1.32. The molecule has 0 aromatic carbocycles. The Morgan fingerprint density at radius 1 is 0.455 bits per heavy atom. The largest absolute Gasteiger partial charge is 0.0885 e. The molecule has 0 radical (unpaired) electrons. The Morgan fingerprint density at radius 2 is 0.818 bits per heavy atom. The van der Waals surface area contributed by atoms with Gasteiger partial charge in [0.15, 0.2) is 0 Å². The second-order valence-corrected chi connectivity index (χ2v) is 3.52. The van der Waals surface area contributed by atoms with Crippen LogP contribution in [0.4, 0.5) is 0 Å². The minimum Gasteiger partial charge on any atom is -0.0885 e. The van der Waals surface area contributed by atoms with Crippen LogP contribution in [0.25, 0.3) is 0 Å². The van der Waals surface area contributed by atoms with Gasteiger partial charge in [-0.05, 0) is 19.3 Å². The van der Waals surface area contributed by atoms with Gasteiger partial charge < -0.3 is 0 Å². The van der Waals surface area contributed by atoms with E-state index in [1.807, 2.05) is 0 Å². The van der Waals surface area contributed by atoms with Crippen molar-refractivity contribution >= 4 is 0 Å². The van der Waals surface area contributed by atoms with Gasteiger partial charge in [0.1, 0.15) is 0 Å². The van der Waals surface area contributed by atoms with E-state index in [9.17, 15) is 0 Å². The summed E-state index contributed by atoms with van der Waals surface area (Å²) >= 11 is 0. The summed E-state index contributed by atoms with van der Waals surface area (Å²) in [6, 6.07) is 0. The summed E-state index contributed by atoms with van der Waals surface area (Å²) in [4.78, 5) is 0. The highest BCUT2D eigenvalue weighted by Gasteiger charge is 1.95. The molecule has 0 N–H and O–H groups in total. The van der Waals surface area contributed by atoms with Crippen LogP contribution >= 0.6 is 0 Å². The lowest BCUT2D eigenvalue weighted by molar-refractivity contribution is 0.504. The normalized spacial score (nSPS) is 22.5. The first-order valence-corrected chi connectivity index (χ1v) is 5.15. The van der Waals surface area contributed by atoms with Crippen LogP contribution in [-0.2, 0) is 0 Å². The fourth-order valence-electron chi connectivity index (χ4n) is 1.65. The quantitative estimate of drug-likeness (QED) is 0.459. The Labute approximate surface area is 70.7 Å². The van der Waals surface area contributed by atoms with Crippen molar-refractivity contribution in [3.05, 3.63) is 12.2 Å². The molecule has 11 heavy (non-hydrogen) atoms. The van der Waals surface area contributed by atoms with Gasteiger partial charge in [-0.25, -0.2) is 0 Å². The second-order valence-electron chi connectivity index (χ2n) is 3.52. The molecule has 2 aliphatic carbocycles. The summed E-state index contributed by atoms with van der Waals surface area (Å²) in [5.74, 6) is 0. The van der Waals surface area contributed by atoms with Crippen LogP contribution in [0.3, 0.4) is 0 Å². The summed E-state index contributed by atoms with van der Waals surface area (Å²) in [7, 11) is 0. The molecule has 0 aliphatic heterocycles. The van der Waals surface area contributed by atoms with Crippen LogP contribution in [0.1, 0.15) is 57.8 Å². The Bertz CT molecular complexity index is 81.1. The van der Waals surface area contributed by atoms with E-state index in [0.717, 1.165) is 0 Å². The summed E-state index contributed by atoms with van der Waals surface area (Å²) in [6.45, 7) is 0. The van der Waals surface area contributed by atoms with E-state index >= 15 is 0 Å². The molecule has 0 bridgehead atoms. The maximum atomic E-state index is 2.24. The fraction of sp³-hybridized carbons (Fsp3) is 0.818. The Balaban J connectivity index is 0.000000112. The SMILES string of the molecule is C1=CCCC1.C1CCCCC1. The van der Waals surface area contributed by atoms with Gasteiger partial charge in [0.25, 0.3) is 0 Å². The third kappa shape index (κ3) is 5.06. The van der Waals surface area contributed by atoms with Crippen molar-refractivity contribution in [1.29, 1.82) is 0 Å². The smallest absolute Gasteiger partial charge is 0.0348 e. The lowest BCUT2D eigenvalue weighted by Crippen LogP contribution is -1.85. The molecule has 0 aromatic heterocycles. The lowest BCUT2D eigenvalue weighted by atomic mass is 10.0. The van der Waals surface area contributed by atoms with E-state index in [1.54, 1.807) is 0 Å². The Kier molecular flexibility index (Phi) is 5.18. The highest BCUT2D eigenvalue weighted by Crippen LogP contribution is 2.15. The van der Waals surface area contributed by atoms with Gasteiger partial charge in [0, 0.05) is 0 Å². The van der Waals surface area contributed by atoms with Crippen molar-refractivity contribution < 1.29 is 0 Å². The molecule has 0 amide bonds. The first-order valence-electron chi connectivity index (χ1n) is 5.15. The molecule has 2 aliphatic rings. The highest BCUT2D eigenvalue weighted by molar-refractivity contribution is 4.88. The first kappa shape index (κ1) is 8.83. The van der Waals surface area contributed by atoms with Gasteiger partial charge >= 0.3 is 0 Å². The van der Waals surface area contributed by atoms with Crippen LogP contribution in [-0.4, -0.2) is 0 Å². The molecule has 0 nitrogen and oxygen atoms in total. The summed E-state index contributed by atoms with van der Waals surface area (Å²) in [5, 5.41) is 0. The third-order valence-electron chi connectivity index (χ3n) is 2.41. The zero-order valence-electron chi connectivity index (χ0n) is 7.52. The van der Waals surface area contributed by atoms with E-state index in [-0.39, 0.29) is 0 Å². The number of hydrogen-bond acceptors (Lipinski definition) is 0. The minimum atomic E-state index is 1.32. The molecule has 0 unspecified atom stereocenters. The van der Waals surface area contributed by atoms with Crippen LogP contribution in [0, 0.1) is 0 Å². The summed E-state index contributed by atoms with van der Waals surface area (Å²) in [6.07, 6.45) is 17.5. The van der Waals surface area contributed by atoms with Gasteiger partial charge in [-0.1, -0.05) is 50.7 Å². The summed E-state index contributed by atoms with van der Waals surface area (Å²) < 4.78 is 0. The van der Waals surface area contributed by atoms with Gasteiger partial charge in [0.2, 0.25) is 0 Å². The van der Waals surface area contributed by atoms with Crippen LogP contribution in [0.2, 0.25) is 0 Å². The van der Waals surface area contributed by atoms with Crippen molar-refractivity contribution in [2.24, 2.45) is 0 Å². The molecule has 1 fully saturated rings.